The minimum atomic E-state index is -1.37. The van der Waals surface area contributed by atoms with Crippen LogP contribution in [0.2, 0.25) is 0 Å². The number of pyridine rings is 2. The molecule has 0 bridgehead atoms. The van der Waals surface area contributed by atoms with Gasteiger partial charge >= 0.3 is 11.9 Å². The molecule has 0 atom stereocenters. The molecular formula is C72H54CuN2O4P2+2. The van der Waals surface area contributed by atoms with Crippen LogP contribution in [0, 0.1) is 0 Å². The zero-order valence-electron chi connectivity index (χ0n) is 44.4. The summed E-state index contributed by atoms with van der Waals surface area (Å²) < 4.78 is 9.52. The number of nitrogens with zero attached hydrogens (tertiary/aromatic N) is 2. The van der Waals surface area contributed by atoms with Crippen molar-refractivity contribution in [2.75, 3.05) is 14.2 Å². The molecular weight excluding hydrogens is 1080 g/mol. The van der Waals surface area contributed by atoms with E-state index in [-0.39, 0.29) is 29.0 Å². The number of ether oxygens (including phenoxy) is 2. The molecule has 0 N–H and O–H groups in total. The second-order valence-electron chi connectivity index (χ2n) is 19.4. The first kappa shape index (κ1) is 54.1. The summed E-state index contributed by atoms with van der Waals surface area (Å²) in [4.78, 5) is 32.7. The molecule has 13 rings (SSSR count). The Balaban J connectivity index is 0.000000176. The number of carbonyl (C=O) groups is 2. The molecule has 11 aromatic carbocycles. The second kappa shape index (κ2) is 24.6. The number of aromatic nitrogens is 2. The van der Waals surface area contributed by atoms with Gasteiger partial charge in [-0.3, -0.25) is 9.97 Å². The first-order valence-electron chi connectivity index (χ1n) is 26.5. The van der Waals surface area contributed by atoms with Crippen LogP contribution < -0.4 is 31.8 Å². The van der Waals surface area contributed by atoms with Crippen LogP contribution in [0.25, 0.3) is 76.7 Å². The molecule has 395 valence electrons. The Kier molecular flexibility index (Phi) is 16.4. The van der Waals surface area contributed by atoms with Crippen LogP contribution in [-0.4, -0.2) is 36.1 Å². The average Bonchev–Trinajstić information content (AvgIpc) is 3.64. The first-order chi connectivity index (χ1) is 39.4. The zero-order valence-corrected chi connectivity index (χ0v) is 47.3. The van der Waals surface area contributed by atoms with E-state index in [1.165, 1.54) is 78.7 Å². The molecule has 0 saturated carbocycles. The Bertz CT molecular complexity index is 4000. The SMILES string of the molecule is COC(=O)c1ccc(-c2cnc3c(ccc4cc(-c5ccc(C(=O)OC)cc5)cnc43)c2)cc1.[Cu].c1ccc([PH+](c2ccccc2)c2ccc3ccccc3c2-c2c([PH+](c3ccccc3)c3ccccc3)ccc3ccccc23)cc1. The third-order valence-corrected chi connectivity index (χ3v) is 20.2. The van der Waals surface area contributed by atoms with Crippen LogP contribution >= 0.6 is 15.8 Å². The molecule has 0 saturated heterocycles. The summed E-state index contributed by atoms with van der Waals surface area (Å²) in [6.07, 6.45) is 3.63. The minimum Gasteiger partial charge on any atom is -0.465 e. The van der Waals surface area contributed by atoms with Crippen molar-refractivity contribution in [3.8, 4) is 33.4 Å². The molecule has 6 nitrogen and oxygen atoms in total. The maximum Gasteiger partial charge on any atom is 0.337 e. The fourth-order valence-electron chi connectivity index (χ4n) is 10.8. The van der Waals surface area contributed by atoms with Crippen molar-refractivity contribution in [1.82, 2.24) is 9.97 Å². The van der Waals surface area contributed by atoms with Crippen molar-refractivity contribution >= 4 is 103 Å². The van der Waals surface area contributed by atoms with Crippen molar-refractivity contribution in [3.05, 3.63) is 290 Å². The van der Waals surface area contributed by atoms with Crippen LogP contribution in [-0.2, 0) is 26.5 Å². The van der Waals surface area contributed by atoms with Crippen LogP contribution in [0.3, 0.4) is 0 Å². The summed E-state index contributed by atoms with van der Waals surface area (Å²) in [5, 5.41) is 15.6. The maximum atomic E-state index is 11.7. The molecule has 0 aliphatic rings. The van der Waals surface area contributed by atoms with Crippen molar-refractivity contribution in [3.63, 3.8) is 0 Å². The molecule has 0 spiro atoms. The third kappa shape index (κ3) is 11.2. The van der Waals surface area contributed by atoms with Crippen LogP contribution in [0.5, 0.6) is 0 Å². The number of rotatable bonds is 11. The number of hydrogen-bond acceptors (Lipinski definition) is 6. The predicted molar refractivity (Wildman–Crippen MR) is 338 cm³/mol. The van der Waals surface area contributed by atoms with E-state index in [2.05, 4.69) is 206 Å². The van der Waals surface area contributed by atoms with Gasteiger partial charge in [-0.05, 0) is 130 Å². The Labute approximate surface area is 484 Å². The summed E-state index contributed by atoms with van der Waals surface area (Å²) >= 11 is 0. The molecule has 0 fully saturated rings. The number of esters is 2. The smallest absolute Gasteiger partial charge is 0.337 e. The van der Waals surface area contributed by atoms with Crippen molar-refractivity contribution in [2.45, 2.75) is 0 Å². The van der Waals surface area contributed by atoms with E-state index < -0.39 is 15.8 Å². The number of hydrogen-bond donors (Lipinski definition) is 0. The van der Waals surface area contributed by atoms with E-state index in [1.807, 2.05) is 48.8 Å². The first-order valence-corrected chi connectivity index (χ1v) is 29.5. The number of methoxy groups -OCH3 is 2. The predicted octanol–water partition coefficient (Wildman–Crippen LogP) is 14.3. The Morgan fingerprint density at radius 1 is 0.333 bits per heavy atom. The summed E-state index contributed by atoms with van der Waals surface area (Å²) in [7, 11) is -0.00857. The Morgan fingerprint density at radius 3 is 0.975 bits per heavy atom. The topological polar surface area (TPSA) is 78.4 Å². The van der Waals surface area contributed by atoms with Crippen molar-refractivity contribution in [1.29, 1.82) is 0 Å². The van der Waals surface area contributed by atoms with Gasteiger partial charge in [-0.1, -0.05) is 170 Å². The largest absolute Gasteiger partial charge is 0.465 e. The molecule has 2 heterocycles. The third-order valence-electron chi connectivity index (χ3n) is 14.7. The zero-order chi connectivity index (χ0) is 54.4. The van der Waals surface area contributed by atoms with Gasteiger partial charge in [-0.25, -0.2) is 9.59 Å². The standard InChI is InChI=1S/C44H32P2.C28H20N2O4.Cu/c1-5-19-35(20-6-1)45(36-21-7-2-8-22-36)41-31-29-33-17-13-15-27-39(33)43(41)44-40-28-16-14-18-34(40)30-32-42(44)46(37-23-9-3-10-24-37)38-25-11-4-12-26-38;1-33-27(31)19-7-3-17(4-8-19)23-13-21-11-12-22-14-24(16-30-26(22)25(21)29-15-23)18-5-9-20(10-6-18)28(32)34-2;/h1-32H;3-16H,1-2H3;/p+2. The van der Waals surface area contributed by atoms with E-state index in [1.54, 1.807) is 24.3 Å². The summed E-state index contributed by atoms with van der Waals surface area (Å²) in [6.45, 7) is 0. The Hall–Kier alpha value is -8.92. The molecule has 0 unspecified atom stereocenters. The summed E-state index contributed by atoms with van der Waals surface area (Å²) in [6, 6.07) is 94.9. The van der Waals surface area contributed by atoms with E-state index >= 15 is 0 Å². The molecule has 2 aromatic heterocycles. The van der Waals surface area contributed by atoms with Crippen LogP contribution in [0.15, 0.2) is 279 Å². The molecule has 81 heavy (non-hydrogen) atoms. The van der Waals surface area contributed by atoms with Crippen molar-refractivity contribution in [2.24, 2.45) is 0 Å². The summed E-state index contributed by atoms with van der Waals surface area (Å²) in [5.41, 5.74) is 9.22. The van der Waals surface area contributed by atoms with Gasteiger partial charge in [-0.15, -0.1) is 0 Å². The van der Waals surface area contributed by atoms with Gasteiger partial charge < -0.3 is 9.47 Å². The van der Waals surface area contributed by atoms with Gasteiger partial charge in [0.15, 0.2) is 0 Å². The molecule has 9 heteroatoms. The monoisotopic (exact) mass is 1140 g/mol. The number of fused-ring (bicyclic) bond motifs is 5. The van der Waals surface area contributed by atoms with Gasteiger partial charge in [0, 0.05) is 62.5 Å². The second-order valence-corrected chi connectivity index (χ2v) is 24.3. The average molecular weight is 1140 g/mol. The van der Waals surface area contributed by atoms with Gasteiger partial charge in [0.25, 0.3) is 0 Å². The van der Waals surface area contributed by atoms with Gasteiger partial charge in [0.1, 0.15) is 31.8 Å². The minimum absolute atomic E-state index is 0. The molecule has 0 aliphatic heterocycles. The van der Waals surface area contributed by atoms with E-state index in [4.69, 9.17) is 19.4 Å². The van der Waals surface area contributed by atoms with E-state index in [9.17, 15) is 9.59 Å². The van der Waals surface area contributed by atoms with Gasteiger partial charge in [-0.2, -0.15) is 0 Å². The Morgan fingerprint density at radius 2 is 0.642 bits per heavy atom. The number of carbonyl (C=O) groups excluding carboxylic acids is 2. The number of benzene rings is 11. The van der Waals surface area contributed by atoms with E-state index in [0.29, 0.717) is 11.1 Å². The molecule has 13 aromatic rings. The molecule has 1 radical (unpaired) electrons. The molecule has 0 aliphatic carbocycles. The quantitative estimate of drug-likeness (QED) is 0.0556. The normalized spacial score (nSPS) is 11.1. The van der Waals surface area contributed by atoms with Gasteiger partial charge in [0.05, 0.1) is 52.2 Å². The van der Waals surface area contributed by atoms with Crippen LogP contribution in [0.1, 0.15) is 20.7 Å². The fourth-order valence-corrected chi connectivity index (χ4v) is 16.3. The fraction of sp³-hybridized carbons (Fsp3) is 0.0278. The van der Waals surface area contributed by atoms with Crippen molar-refractivity contribution < 1.29 is 36.1 Å². The summed E-state index contributed by atoms with van der Waals surface area (Å²) in [5.74, 6) is -0.723. The van der Waals surface area contributed by atoms with Gasteiger partial charge in [0.2, 0.25) is 0 Å². The van der Waals surface area contributed by atoms with E-state index in [0.717, 1.165) is 44.1 Å². The van der Waals surface area contributed by atoms with Crippen LogP contribution in [0.4, 0.5) is 0 Å². The maximum absolute atomic E-state index is 11.7. The molecule has 0 amide bonds.